The molecule has 3 rings (SSSR count). The highest BCUT2D eigenvalue weighted by Crippen LogP contribution is 2.40. The molecule has 1 aromatic carbocycles. The monoisotopic (exact) mass is 264 g/mol. The first-order valence-electron chi connectivity index (χ1n) is 6.94. The highest BCUT2D eigenvalue weighted by Gasteiger charge is 2.36. The van der Waals surface area contributed by atoms with E-state index in [9.17, 15) is 8.78 Å². The van der Waals surface area contributed by atoms with Gasteiger partial charge >= 0.3 is 0 Å². The number of rotatable bonds is 2. The van der Waals surface area contributed by atoms with E-state index < -0.39 is 5.92 Å². The van der Waals surface area contributed by atoms with E-state index in [1.165, 1.54) is 5.56 Å². The molecule has 1 saturated carbocycles. The average Bonchev–Trinajstić information content (AvgIpc) is 2.81. The number of hydrogen-bond acceptors (Lipinski definition) is 1. The van der Waals surface area contributed by atoms with Crippen molar-refractivity contribution >= 4 is 11.0 Å². The molecule has 0 unspecified atom stereocenters. The van der Waals surface area contributed by atoms with Crippen LogP contribution in [0.4, 0.5) is 8.78 Å². The summed E-state index contributed by atoms with van der Waals surface area (Å²) < 4.78 is 26.3. The summed E-state index contributed by atoms with van der Waals surface area (Å²) in [6.45, 7) is 2.11. The molecule has 0 aliphatic heterocycles. The second kappa shape index (κ2) is 4.58. The zero-order valence-electron chi connectivity index (χ0n) is 11.0. The Bertz CT molecular complexity index is 579. The van der Waals surface area contributed by atoms with E-state index in [1.54, 1.807) is 0 Å². The van der Waals surface area contributed by atoms with Crippen molar-refractivity contribution in [3.63, 3.8) is 0 Å². The van der Waals surface area contributed by atoms with Gasteiger partial charge in [-0.2, -0.15) is 0 Å². The molecule has 1 N–H and O–H groups in total. The maximum atomic E-state index is 13.2. The fourth-order valence-corrected chi connectivity index (χ4v) is 2.80. The molecule has 0 radical (unpaired) electrons. The first-order chi connectivity index (χ1) is 9.07. The van der Waals surface area contributed by atoms with E-state index >= 15 is 0 Å². The van der Waals surface area contributed by atoms with E-state index in [0.29, 0.717) is 12.8 Å². The van der Waals surface area contributed by atoms with Gasteiger partial charge < -0.3 is 4.98 Å². The number of halogens is 2. The van der Waals surface area contributed by atoms with Crippen LogP contribution in [-0.2, 0) is 6.42 Å². The highest BCUT2D eigenvalue weighted by atomic mass is 19.3. The largest absolute Gasteiger partial charge is 0.342 e. The molecule has 1 heterocycles. The van der Waals surface area contributed by atoms with Gasteiger partial charge in [0.25, 0.3) is 0 Å². The first kappa shape index (κ1) is 12.6. The van der Waals surface area contributed by atoms with E-state index in [1.807, 2.05) is 6.07 Å². The first-order valence-corrected chi connectivity index (χ1v) is 6.94. The Morgan fingerprint density at radius 2 is 2.05 bits per heavy atom. The van der Waals surface area contributed by atoms with Crippen molar-refractivity contribution in [3.05, 3.63) is 29.6 Å². The van der Waals surface area contributed by atoms with Gasteiger partial charge in [-0.25, -0.2) is 13.8 Å². The molecule has 19 heavy (non-hydrogen) atoms. The van der Waals surface area contributed by atoms with Crippen LogP contribution in [0.3, 0.4) is 0 Å². The lowest BCUT2D eigenvalue weighted by atomic mass is 9.86. The van der Waals surface area contributed by atoms with Crippen molar-refractivity contribution in [1.82, 2.24) is 9.97 Å². The summed E-state index contributed by atoms with van der Waals surface area (Å²) >= 11 is 0. The molecule has 1 fully saturated rings. The Morgan fingerprint density at radius 1 is 1.32 bits per heavy atom. The number of aromatic nitrogens is 2. The Morgan fingerprint density at radius 3 is 2.74 bits per heavy atom. The van der Waals surface area contributed by atoms with Crippen molar-refractivity contribution in [2.24, 2.45) is 0 Å². The summed E-state index contributed by atoms with van der Waals surface area (Å²) in [5.41, 5.74) is 3.22. The lowest BCUT2D eigenvalue weighted by Gasteiger charge is -2.26. The quantitative estimate of drug-likeness (QED) is 0.854. The van der Waals surface area contributed by atoms with Crippen LogP contribution in [0.15, 0.2) is 18.2 Å². The second-order valence-corrected chi connectivity index (χ2v) is 5.46. The molecule has 0 spiro atoms. The van der Waals surface area contributed by atoms with Gasteiger partial charge in [0.1, 0.15) is 5.82 Å². The highest BCUT2D eigenvalue weighted by molar-refractivity contribution is 5.76. The third-order valence-electron chi connectivity index (χ3n) is 4.08. The van der Waals surface area contributed by atoms with Crippen molar-refractivity contribution < 1.29 is 8.78 Å². The number of aryl methyl sites for hydroxylation is 1. The Balaban J connectivity index is 1.85. The van der Waals surface area contributed by atoms with Crippen molar-refractivity contribution in [2.45, 2.75) is 50.9 Å². The zero-order chi connectivity index (χ0) is 13.5. The summed E-state index contributed by atoms with van der Waals surface area (Å²) in [5.74, 6) is -1.45. The minimum Gasteiger partial charge on any atom is -0.342 e. The van der Waals surface area contributed by atoms with E-state index in [2.05, 4.69) is 29.0 Å². The molecule has 0 amide bonds. The number of benzene rings is 1. The van der Waals surface area contributed by atoms with Crippen molar-refractivity contribution in [1.29, 1.82) is 0 Å². The lowest BCUT2D eigenvalue weighted by Crippen LogP contribution is -2.24. The van der Waals surface area contributed by atoms with Crippen molar-refractivity contribution in [2.75, 3.05) is 0 Å². The number of nitrogens with one attached hydrogen (secondary N) is 1. The van der Waals surface area contributed by atoms with Crippen LogP contribution in [0.2, 0.25) is 0 Å². The summed E-state index contributed by atoms with van der Waals surface area (Å²) in [4.78, 5) is 7.87. The fraction of sp³-hybridized carbons (Fsp3) is 0.533. The summed E-state index contributed by atoms with van der Waals surface area (Å²) in [5, 5.41) is 0. The predicted octanol–water partition coefficient (Wildman–Crippen LogP) is 4.42. The number of hydrogen-bond donors (Lipinski definition) is 1. The number of aromatic amines is 1. The van der Waals surface area contributed by atoms with E-state index in [4.69, 9.17) is 0 Å². The molecular formula is C15H18F2N2. The van der Waals surface area contributed by atoms with Crippen molar-refractivity contribution in [3.8, 4) is 0 Å². The fourth-order valence-electron chi connectivity index (χ4n) is 2.80. The number of fused-ring (bicyclic) bond motifs is 1. The minimum absolute atomic E-state index is 0.0189. The standard InChI is InChI=1S/C15H18F2N2/c1-2-10-3-4-12-13(9-10)19-14(18-12)11-5-7-15(16,17)8-6-11/h3-4,9,11H,2,5-8H2,1H3,(H,18,19). The molecule has 0 bridgehead atoms. The number of imidazole rings is 1. The maximum absolute atomic E-state index is 13.2. The molecule has 0 saturated heterocycles. The maximum Gasteiger partial charge on any atom is 0.248 e. The number of alkyl halides is 2. The van der Waals surface area contributed by atoms with Gasteiger partial charge in [0, 0.05) is 18.8 Å². The SMILES string of the molecule is CCc1ccc2nc(C3CCC(F)(F)CC3)[nH]c2c1. The summed E-state index contributed by atoms with van der Waals surface area (Å²) in [6.07, 6.45) is 1.99. The van der Waals surface area contributed by atoms with Gasteiger partial charge in [0.2, 0.25) is 5.92 Å². The Labute approximate surface area is 111 Å². The Kier molecular flexibility index (Phi) is 3.03. The van der Waals surface area contributed by atoms with Crippen LogP contribution >= 0.6 is 0 Å². The molecule has 0 atom stereocenters. The topological polar surface area (TPSA) is 28.7 Å². The van der Waals surface area contributed by atoms with E-state index in [0.717, 1.165) is 23.3 Å². The molecule has 1 aromatic heterocycles. The minimum atomic E-state index is -2.47. The lowest BCUT2D eigenvalue weighted by molar-refractivity contribution is -0.0387. The smallest absolute Gasteiger partial charge is 0.248 e. The molecule has 1 aliphatic carbocycles. The number of H-pyrrole nitrogens is 1. The van der Waals surface area contributed by atoms with Crippen LogP contribution in [0, 0.1) is 0 Å². The van der Waals surface area contributed by atoms with Crippen LogP contribution in [0.5, 0.6) is 0 Å². The van der Waals surface area contributed by atoms with Gasteiger partial charge in [-0.15, -0.1) is 0 Å². The molecular weight excluding hydrogens is 246 g/mol. The third kappa shape index (κ3) is 2.48. The average molecular weight is 264 g/mol. The van der Waals surface area contributed by atoms with Gasteiger partial charge in [0.05, 0.1) is 11.0 Å². The molecule has 2 nitrogen and oxygen atoms in total. The van der Waals surface area contributed by atoms with Gasteiger partial charge in [-0.3, -0.25) is 0 Å². The predicted molar refractivity (Wildman–Crippen MR) is 71.6 cm³/mol. The zero-order valence-corrected chi connectivity index (χ0v) is 11.0. The third-order valence-corrected chi connectivity index (χ3v) is 4.08. The van der Waals surface area contributed by atoms with Crippen LogP contribution < -0.4 is 0 Å². The molecule has 102 valence electrons. The van der Waals surface area contributed by atoms with Gasteiger partial charge in [0.15, 0.2) is 0 Å². The van der Waals surface area contributed by atoms with Crippen LogP contribution in [-0.4, -0.2) is 15.9 Å². The molecule has 2 aromatic rings. The normalized spacial score (nSPS) is 19.9. The summed E-state index contributed by atoms with van der Waals surface area (Å²) in [6, 6.07) is 6.18. The second-order valence-electron chi connectivity index (χ2n) is 5.46. The summed E-state index contributed by atoms with van der Waals surface area (Å²) in [7, 11) is 0. The molecule has 1 aliphatic rings. The van der Waals surface area contributed by atoms with E-state index in [-0.39, 0.29) is 18.8 Å². The Hall–Kier alpha value is -1.45. The van der Waals surface area contributed by atoms with Crippen LogP contribution in [0.25, 0.3) is 11.0 Å². The van der Waals surface area contributed by atoms with Gasteiger partial charge in [-0.1, -0.05) is 13.0 Å². The van der Waals surface area contributed by atoms with Gasteiger partial charge in [-0.05, 0) is 37.0 Å². The van der Waals surface area contributed by atoms with Crippen LogP contribution in [0.1, 0.15) is 49.9 Å². The number of nitrogens with zero attached hydrogens (tertiary/aromatic N) is 1. The molecule has 4 heteroatoms.